The minimum atomic E-state index is -3.71. The number of anilines is 1. The highest BCUT2D eigenvalue weighted by molar-refractivity contribution is 7.91. The normalized spacial score (nSPS) is 11.5. The number of carbonyl (C=O) groups excluding carboxylic acids is 1. The van der Waals surface area contributed by atoms with Crippen LogP contribution in [0.1, 0.15) is 48.4 Å². The Bertz CT molecular complexity index is 1000. The van der Waals surface area contributed by atoms with Gasteiger partial charge in [-0.2, -0.15) is 0 Å². The summed E-state index contributed by atoms with van der Waals surface area (Å²) in [5, 5.41) is 11.2. The summed E-state index contributed by atoms with van der Waals surface area (Å²) < 4.78 is 30.7. The van der Waals surface area contributed by atoms with E-state index in [0.717, 1.165) is 6.20 Å². The van der Waals surface area contributed by atoms with E-state index in [9.17, 15) is 18.0 Å². The van der Waals surface area contributed by atoms with Gasteiger partial charge in [0.1, 0.15) is 5.82 Å². The van der Waals surface area contributed by atoms with Crippen LogP contribution >= 0.6 is 0 Å². The van der Waals surface area contributed by atoms with E-state index in [1.54, 1.807) is 27.7 Å². The second kappa shape index (κ2) is 8.99. The number of aromatic carboxylic acids is 1. The summed E-state index contributed by atoms with van der Waals surface area (Å²) in [7, 11) is -3.71. The number of hydrogen-bond donors (Lipinski definition) is 2. The molecule has 0 aliphatic rings. The number of nitrogens with zero attached hydrogens (tertiary/aromatic N) is 2. The van der Waals surface area contributed by atoms with Crippen LogP contribution in [0.2, 0.25) is 0 Å². The Labute approximate surface area is 169 Å². The highest BCUT2D eigenvalue weighted by atomic mass is 32.2. The van der Waals surface area contributed by atoms with Crippen molar-refractivity contribution < 1.29 is 27.9 Å². The highest BCUT2D eigenvalue weighted by Gasteiger charge is 2.22. The molecule has 2 aromatic heterocycles. The molecule has 0 unspecified atom stereocenters. The topological polar surface area (TPSA) is 136 Å². The molecule has 0 saturated heterocycles. The molecule has 0 fully saturated rings. The lowest BCUT2D eigenvalue weighted by molar-refractivity contribution is 0.0696. The van der Waals surface area contributed by atoms with Gasteiger partial charge in [0, 0.05) is 17.8 Å². The molecule has 0 saturated carbocycles. The number of carbonyl (C=O) groups is 2. The predicted octanol–water partition coefficient (Wildman–Crippen LogP) is 2.64. The summed E-state index contributed by atoms with van der Waals surface area (Å²) in [6.07, 6.45) is 0.836. The first-order valence-corrected chi connectivity index (χ1v) is 10.6. The fourth-order valence-corrected chi connectivity index (χ4v) is 3.96. The molecule has 0 atom stereocenters. The molecular weight excluding hydrogens is 398 g/mol. The maximum atomic E-state index is 12.6. The first-order valence-electron chi connectivity index (χ1n) is 8.90. The van der Waals surface area contributed by atoms with Gasteiger partial charge in [0.25, 0.3) is 5.91 Å². The smallest absolute Gasteiger partial charge is 0.337 e. The molecule has 1 amide bonds. The average Bonchev–Trinajstić information content (AvgIpc) is 2.60. The van der Waals surface area contributed by atoms with E-state index >= 15 is 0 Å². The maximum absolute atomic E-state index is 12.6. The van der Waals surface area contributed by atoms with Gasteiger partial charge in [-0.25, -0.2) is 23.2 Å². The van der Waals surface area contributed by atoms with Crippen molar-refractivity contribution in [1.29, 1.82) is 0 Å². The third-order valence-corrected chi connectivity index (χ3v) is 5.47. The number of amides is 1. The molecule has 0 aliphatic carbocycles. The summed E-state index contributed by atoms with van der Waals surface area (Å²) in [6.45, 7) is 7.05. The molecule has 0 aromatic carbocycles. The van der Waals surface area contributed by atoms with Crippen LogP contribution in [0, 0.1) is 5.92 Å². The molecule has 2 rings (SSSR count). The lowest BCUT2D eigenvalue weighted by Crippen LogP contribution is -2.18. The molecule has 0 bridgehead atoms. The van der Waals surface area contributed by atoms with Gasteiger partial charge in [0.15, 0.2) is 14.9 Å². The number of carboxylic acid groups (broad SMARTS) is 1. The zero-order valence-electron chi connectivity index (χ0n) is 16.5. The lowest BCUT2D eigenvalue weighted by Gasteiger charge is -2.13. The van der Waals surface area contributed by atoms with E-state index in [-0.39, 0.29) is 45.6 Å². The van der Waals surface area contributed by atoms with Crippen molar-refractivity contribution >= 4 is 27.5 Å². The first kappa shape index (κ1) is 22.3. The van der Waals surface area contributed by atoms with E-state index in [0.29, 0.717) is 0 Å². The molecular formula is C19H23N3O6S. The van der Waals surface area contributed by atoms with Gasteiger partial charge in [0.05, 0.1) is 17.4 Å². The van der Waals surface area contributed by atoms with Gasteiger partial charge in [0.2, 0.25) is 5.88 Å². The molecule has 29 heavy (non-hydrogen) atoms. The van der Waals surface area contributed by atoms with Gasteiger partial charge >= 0.3 is 5.97 Å². The molecule has 2 aromatic rings. The van der Waals surface area contributed by atoms with Crippen LogP contribution in [0.25, 0.3) is 0 Å². The van der Waals surface area contributed by atoms with Crippen molar-refractivity contribution in [2.24, 2.45) is 5.92 Å². The van der Waals surface area contributed by atoms with Gasteiger partial charge in [-0.05, 0) is 38.0 Å². The number of sulfone groups is 1. The number of nitrogens with one attached hydrogen (secondary N) is 1. The second-order valence-electron chi connectivity index (χ2n) is 7.07. The van der Waals surface area contributed by atoms with Crippen LogP contribution in [0.4, 0.5) is 5.82 Å². The zero-order valence-corrected chi connectivity index (χ0v) is 17.4. The quantitative estimate of drug-likeness (QED) is 0.664. The standard InChI is InChI=1S/C19H23N3O6S/c1-11(2)10-29(26,27)17-8-14(7-16(22-17)28-12(3)4)18(23)21-15-6-5-13(9-20-15)19(24)25/h5-9,11-12H,10H2,1-4H3,(H,24,25)(H,20,21,23). The van der Waals surface area contributed by atoms with Crippen molar-refractivity contribution in [3.63, 3.8) is 0 Å². The Morgan fingerprint density at radius 1 is 1.14 bits per heavy atom. The number of ether oxygens (including phenoxy) is 1. The second-order valence-corrected chi connectivity index (χ2v) is 9.05. The Balaban J connectivity index is 2.37. The van der Waals surface area contributed by atoms with E-state index in [1.165, 1.54) is 24.3 Å². The summed E-state index contributed by atoms with van der Waals surface area (Å²) in [5.74, 6) is -1.87. The molecule has 0 spiro atoms. The fraction of sp³-hybridized carbons (Fsp3) is 0.368. The number of pyridine rings is 2. The largest absolute Gasteiger partial charge is 0.478 e. The Morgan fingerprint density at radius 3 is 2.34 bits per heavy atom. The molecule has 2 N–H and O–H groups in total. The third kappa shape index (κ3) is 6.24. The lowest BCUT2D eigenvalue weighted by atomic mass is 10.2. The summed E-state index contributed by atoms with van der Waals surface area (Å²) in [4.78, 5) is 31.4. The number of hydrogen-bond acceptors (Lipinski definition) is 7. The molecule has 10 heteroatoms. The van der Waals surface area contributed by atoms with Crippen LogP contribution in [0.15, 0.2) is 35.5 Å². The Hall–Kier alpha value is -3.01. The van der Waals surface area contributed by atoms with Gasteiger partial charge in [-0.3, -0.25) is 4.79 Å². The van der Waals surface area contributed by atoms with Crippen LogP contribution in [0.5, 0.6) is 5.88 Å². The summed E-state index contributed by atoms with van der Waals surface area (Å²) >= 11 is 0. The first-order chi connectivity index (χ1) is 13.5. The Morgan fingerprint density at radius 2 is 1.83 bits per heavy atom. The van der Waals surface area contributed by atoms with Crippen molar-refractivity contribution in [3.05, 3.63) is 41.6 Å². The SMILES string of the molecule is CC(C)CS(=O)(=O)c1cc(C(=O)Nc2ccc(C(=O)O)cn2)cc(OC(C)C)n1. The maximum Gasteiger partial charge on any atom is 0.337 e. The van der Waals surface area contributed by atoms with Crippen LogP contribution in [0.3, 0.4) is 0 Å². The van der Waals surface area contributed by atoms with Crippen LogP contribution in [-0.2, 0) is 9.84 Å². The minimum Gasteiger partial charge on any atom is -0.478 e. The molecule has 0 radical (unpaired) electrons. The predicted molar refractivity (Wildman–Crippen MR) is 106 cm³/mol. The third-order valence-electron chi connectivity index (χ3n) is 3.52. The van der Waals surface area contributed by atoms with Gasteiger partial charge in [-0.1, -0.05) is 13.8 Å². The summed E-state index contributed by atoms with van der Waals surface area (Å²) in [5.41, 5.74) is 0.00341. The Kier molecular flexibility index (Phi) is 6.91. The number of rotatable bonds is 8. The molecule has 9 nitrogen and oxygen atoms in total. The van der Waals surface area contributed by atoms with Crippen molar-refractivity contribution in [2.45, 2.75) is 38.8 Å². The number of aromatic nitrogens is 2. The fourth-order valence-electron chi connectivity index (χ4n) is 2.38. The molecule has 2 heterocycles. The van der Waals surface area contributed by atoms with Gasteiger partial charge in [-0.15, -0.1) is 0 Å². The van der Waals surface area contributed by atoms with Crippen molar-refractivity contribution in [2.75, 3.05) is 11.1 Å². The highest BCUT2D eigenvalue weighted by Crippen LogP contribution is 2.21. The molecule has 0 aliphatic heterocycles. The van der Waals surface area contributed by atoms with E-state index in [2.05, 4.69) is 15.3 Å². The van der Waals surface area contributed by atoms with E-state index < -0.39 is 21.7 Å². The van der Waals surface area contributed by atoms with Crippen molar-refractivity contribution in [3.8, 4) is 5.88 Å². The van der Waals surface area contributed by atoms with E-state index in [4.69, 9.17) is 9.84 Å². The molecule has 156 valence electrons. The van der Waals surface area contributed by atoms with Crippen molar-refractivity contribution in [1.82, 2.24) is 9.97 Å². The number of carboxylic acids is 1. The zero-order chi connectivity index (χ0) is 21.8. The minimum absolute atomic E-state index is 0.0177. The monoisotopic (exact) mass is 421 g/mol. The average molecular weight is 421 g/mol. The van der Waals surface area contributed by atoms with E-state index in [1.807, 2.05) is 0 Å². The van der Waals surface area contributed by atoms with Crippen LogP contribution in [-0.4, -0.2) is 47.2 Å². The summed E-state index contributed by atoms with van der Waals surface area (Å²) in [6, 6.07) is 5.16. The van der Waals surface area contributed by atoms with Gasteiger partial charge < -0.3 is 15.2 Å². The van der Waals surface area contributed by atoms with Crippen LogP contribution < -0.4 is 10.1 Å².